The number of aromatic nitrogens is 2. The van der Waals surface area contributed by atoms with Gasteiger partial charge >= 0.3 is 0 Å². The molecule has 2 rings (SSSR count). The number of aliphatic hydroxyl groups excluding tert-OH is 1. The Hall–Kier alpha value is -1.32. The van der Waals surface area contributed by atoms with Gasteiger partial charge in [-0.3, -0.25) is 0 Å². The van der Waals surface area contributed by atoms with Crippen LogP contribution in [0.3, 0.4) is 0 Å². The van der Waals surface area contributed by atoms with Crippen LogP contribution < -0.4 is 0 Å². The van der Waals surface area contributed by atoms with Crippen LogP contribution in [-0.2, 0) is 19.6 Å². The molecule has 0 saturated carbocycles. The second-order valence-electron chi connectivity index (χ2n) is 3.61. The van der Waals surface area contributed by atoms with E-state index in [0.29, 0.717) is 0 Å². The Morgan fingerprint density at radius 2 is 2.00 bits per heavy atom. The van der Waals surface area contributed by atoms with Gasteiger partial charge in [-0.15, -0.1) is 0 Å². The predicted molar refractivity (Wildman–Crippen MR) is 63.3 cm³/mol. The highest BCUT2D eigenvalue weighted by Gasteiger charge is 2.00. The molecule has 0 spiro atoms. The van der Waals surface area contributed by atoms with E-state index in [1.165, 1.54) is 5.56 Å². The molecule has 16 heavy (non-hydrogen) atoms. The smallest absolute Gasteiger partial charge is 0.0948 e. The first-order chi connectivity index (χ1) is 7.79. The van der Waals surface area contributed by atoms with Crippen LogP contribution in [0.25, 0.3) is 0 Å². The molecular weight excluding hydrogens is 224 g/mol. The monoisotopic (exact) mass is 236 g/mol. The van der Waals surface area contributed by atoms with Gasteiger partial charge in [0.2, 0.25) is 0 Å². The van der Waals surface area contributed by atoms with Crippen molar-refractivity contribution < 1.29 is 5.11 Å². The van der Waals surface area contributed by atoms with Crippen molar-refractivity contribution in [3.05, 3.63) is 53.1 Å². The molecule has 1 N–H and O–H groups in total. The van der Waals surface area contributed by atoms with Crippen molar-refractivity contribution in [1.29, 1.82) is 0 Å². The summed E-state index contributed by atoms with van der Waals surface area (Å²) in [5, 5.41) is 9.81. The van der Waals surface area contributed by atoms with Crippen LogP contribution in [0.2, 0.25) is 5.02 Å². The van der Waals surface area contributed by atoms with E-state index in [1.54, 1.807) is 12.5 Å². The molecule has 2 aromatic rings. The zero-order chi connectivity index (χ0) is 11.4. The van der Waals surface area contributed by atoms with E-state index in [-0.39, 0.29) is 6.61 Å². The number of benzene rings is 1. The average Bonchev–Trinajstić information content (AvgIpc) is 2.76. The van der Waals surface area contributed by atoms with Gasteiger partial charge in [-0.1, -0.05) is 23.7 Å². The molecule has 1 aromatic carbocycles. The first-order valence-electron chi connectivity index (χ1n) is 5.14. The minimum atomic E-state index is 0.0284. The molecule has 0 aliphatic rings. The Bertz CT molecular complexity index is 450. The minimum Gasteiger partial charge on any atom is -0.390 e. The first kappa shape index (κ1) is 11.2. The maximum Gasteiger partial charge on any atom is 0.0948 e. The number of hydrogen-bond donors (Lipinski definition) is 1. The fourth-order valence-corrected chi connectivity index (χ4v) is 1.71. The molecule has 4 heteroatoms. The van der Waals surface area contributed by atoms with Gasteiger partial charge in [0, 0.05) is 11.6 Å². The largest absolute Gasteiger partial charge is 0.390 e. The van der Waals surface area contributed by atoms with Gasteiger partial charge in [-0.2, -0.15) is 0 Å². The molecule has 0 unspecified atom stereocenters. The van der Waals surface area contributed by atoms with Crippen molar-refractivity contribution in [3.63, 3.8) is 0 Å². The normalized spacial score (nSPS) is 10.6. The molecule has 1 heterocycles. The van der Waals surface area contributed by atoms with Gasteiger partial charge in [0.15, 0.2) is 0 Å². The topological polar surface area (TPSA) is 38.1 Å². The Balaban J connectivity index is 1.99. The van der Waals surface area contributed by atoms with E-state index in [0.717, 1.165) is 23.7 Å². The molecule has 0 bridgehead atoms. The summed E-state index contributed by atoms with van der Waals surface area (Å²) >= 11 is 5.81. The molecule has 3 nitrogen and oxygen atoms in total. The van der Waals surface area contributed by atoms with Crippen LogP contribution >= 0.6 is 11.6 Å². The molecule has 0 atom stereocenters. The second kappa shape index (κ2) is 5.14. The minimum absolute atomic E-state index is 0.0284. The van der Waals surface area contributed by atoms with Crippen LogP contribution in [0.4, 0.5) is 0 Å². The quantitative estimate of drug-likeness (QED) is 0.885. The lowest BCUT2D eigenvalue weighted by Gasteiger charge is -2.06. The van der Waals surface area contributed by atoms with Crippen molar-refractivity contribution in [2.75, 3.05) is 0 Å². The number of imidazole rings is 1. The van der Waals surface area contributed by atoms with Crippen molar-refractivity contribution in [2.24, 2.45) is 0 Å². The van der Waals surface area contributed by atoms with E-state index in [2.05, 4.69) is 4.98 Å². The van der Waals surface area contributed by atoms with Gasteiger partial charge in [0.1, 0.15) is 0 Å². The molecule has 0 radical (unpaired) electrons. The highest BCUT2D eigenvalue weighted by atomic mass is 35.5. The number of hydrogen-bond acceptors (Lipinski definition) is 2. The number of aliphatic hydroxyl groups is 1. The summed E-state index contributed by atoms with van der Waals surface area (Å²) in [7, 11) is 0. The molecule has 0 saturated heterocycles. The lowest BCUT2D eigenvalue weighted by atomic mass is 10.1. The fourth-order valence-electron chi connectivity index (χ4n) is 1.58. The summed E-state index contributed by atoms with van der Waals surface area (Å²) in [5.74, 6) is 0. The van der Waals surface area contributed by atoms with Gasteiger partial charge in [0.05, 0.1) is 24.8 Å². The van der Waals surface area contributed by atoms with Crippen molar-refractivity contribution in [2.45, 2.75) is 19.6 Å². The van der Waals surface area contributed by atoms with Crippen molar-refractivity contribution in [1.82, 2.24) is 9.55 Å². The van der Waals surface area contributed by atoms with Crippen LogP contribution in [-0.4, -0.2) is 14.7 Å². The number of rotatable bonds is 4. The van der Waals surface area contributed by atoms with Crippen LogP contribution in [0.1, 0.15) is 11.3 Å². The average molecular weight is 237 g/mol. The molecule has 0 aliphatic carbocycles. The molecule has 1 aromatic heterocycles. The molecule has 0 amide bonds. The Labute approximate surface area is 99.3 Å². The second-order valence-corrected chi connectivity index (χ2v) is 4.05. The highest BCUT2D eigenvalue weighted by molar-refractivity contribution is 6.30. The summed E-state index contributed by atoms with van der Waals surface area (Å²) in [5.41, 5.74) is 2.07. The summed E-state index contributed by atoms with van der Waals surface area (Å²) in [6.07, 6.45) is 4.32. The Morgan fingerprint density at radius 1 is 1.25 bits per heavy atom. The summed E-state index contributed by atoms with van der Waals surface area (Å²) in [6.45, 7) is 0.845. The Morgan fingerprint density at radius 3 is 2.69 bits per heavy atom. The maximum absolute atomic E-state index is 9.06. The van der Waals surface area contributed by atoms with Crippen molar-refractivity contribution in [3.8, 4) is 0 Å². The third kappa shape index (κ3) is 2.62. The third-order valence-electron chi connectivity index (χ3n) is 2.52. The summed E-state index contributed by atoms with van der Waals surface area (Å²) in [6, 6.07) is 7.80. The lowest BCUT2D eigenvalue weighted by Crippen LogP contribution is -2.04. The molecular formula is C12H13ClN2O. The SMILES string of the molecule is OCc1cncn1CCc1ccc(Cl)cc1. The fraction of sp³-hybridized carbons (Fsp3) is 0.250. The molecule has 0 aliphatic heterocycles. The highest BCUT2D eigenvalue weighted by Crippen LogP contribution is 2.11. The van der Waals surface area contributed by atoms with E-state index < -0.39 is 0 Å². The predicted octanol–water partition coefficient (Wildman–Crippen LogP) is 2.27. The van der Waals surface area contributed by atoms with Gasteiger partial charge in [-0.25, -0.2) is 4.98 Å². The Kier molecular flexibility index (Phi) is 3.59. The van der Waals surface area contributed by atoms with E-state index >= 15 is 0 Å². The zero-order valence-electron chi connectivity index (χ0n) is 8.81. The third-order valence-corrected chi connectivity index (χ3v) is 2.77. The van der Waals surface area contributed by atoms with E-state index in [1.807, 2.05) is 28.8 Å². The van der Waals surface area contributed by atoms with Crippen LogP contribution in [0.5, 0.6) is 0 Å². The van der Waals surface area contributed by atoms with E-state index in [9.17, 15) is 0 Å². The number of aryl methyl sites for hydroxylation is 2. The summed E-state index contributed by atoms with van der Waals surface area (Å²) < 4.78 is 1.95. The van der Waals surface area contributed by atoms with Gasteiger partial charge < -0.3 is 9.67 Å². The van der Waals surface area contributed by atoms with Gasteiger partial charge in [0.25, 0.3) is 0 Å². The van der Waals surface area contributed by atoms with Crippen LogP contribution in [0, 0.1) is 0 Å². The molecule has 0 fully saturated rings. The number of nitrogens with zero attached hydrogens (tertiary/aromatic N) is 2. The lowest BCUT2D eigenvalue weighted by molar-refractivity contribution is 0.270. The molecule has 84 valence electrons. The van der Waals surface area contributed by atoms with E-state index in [4.69, 9.17) is 16.7 Å². The first-order valence-corrected chi connectivity index (χ1v) is 5.51. The van der Waals surface area contributed by atoms with Crippen LogP contribution in [0.15, 0.2) is 36.8 Å². The summed E-state index contributed by atoms with van der Waals surface area (Å²) in [4.78, 5) is 4.00. The number of halogens is 1. The zero-order valence-corrected chi connectivity index (χ0v) is 9.56. The standard InChI is InChI=1S/C12H13ClN2O/c13-11-3-1-10(2-4-11)5-6-15-9-14-7-12(15)8-16/h1-4,7,9,16H,5-6,8H2. The van der Waals surface area contributed by atoms with Crippen molar-refractivity contribution >= 4 is 11.6 Å². The van der Waals surface area contributed by atoms with Gasteiger partial charge in [-0.05, 0) is 24.1 Å². The maximum atomic E-state index is 9.06.